The van der Waals surface area contributed by atoms with E-state index in [0.717, 1.165) is 56.2 Å². The lowest BCUT2D eigenvalue weighted by Crippen LogP contribution is -2.45. The summed E-state index contributed by atoms with van der Waals surface area (Å²) in [4.78, 5) is 19.4. The summed E-state index contributed by atoms with van der Waals surface area (Å²) in [6.07, 6.45) is 5.51. The molecule has 2 N–H and O–H groups in total. The molecule has 1 atom stereocenters. The highest BCUT2D eigenvalue weighted by atomic mass is 127. The van der Waals surface area contributed by atoms with Crippen LogP contribution in [0, 0.1) is 12.8 Å². The molecule has 1 saturated heterocycles. The molecule has 2 aliphatic rings. The van der Waals surface area contributed by atoms with Crippen molar-refractivity contribution >= 4 is 35.8 Å². The van der Waals surface area contributed by atoms with Gasteiger partial charge in [-0.25, -0.2) is 4.99 Å². The third kappa shape index (κ3) is 6.76. The molecule has 1 amide bonds. The van der Waals surface area contributed by atoms with E-state index in [0.29, 0.717) is 12.5 Å². The van der Waals surface area contributed by atoms with E-state index in [9.17, 15) is 4.79 Å². The maximum Gasteiger partial charge on any atom is 0.225 e. The number of hydrogen-bond donors (Lipinski definition) is 2. The summed E-state index contributed by atoms with van der Waals surface area (Å²) in [5.41, 5.74) is 2.29. The standard InChI is InChI=1S/C22H34N4O2.HI/c1-4-23-22(24-14-17-11-16(2)12-20(13-17)28-3)25-19-9-10-26(15-19)21(27)18-7-5-6-8-18;/h11-13,18-19H,4-10,14-15H2,1-3H3,(H2,23,24,25);1H. The predicted octanol–water partition coefficient (Wildman–Crippen LogP) is 3.47. The molecule has 1 unspecified atom stereocenters. The molecule has 6 nitrogen and oxygen atoms in total. The quantitative estimate of drug-likeness (QED) is 0.347. The molecule has 0 bridgehead atoms. The van der Waals surface area contributed by atoms with Crippen molar-refractivity contribution in [2.24, 2.45) is 10.9 Å². The second kappa shape index (κ2) is 11.6. The molecular formula is C22H35IN4O2. The molecule has 0 radical (unpaired) electrons. The third-order valence-corrected chi connectivity index (χ3v) is 5.66. The van der Waals surface area contributed by atoms with Crippen LogP contribution < -0.4 is 15.4 Å². The first-order valence-electron chi connectivity index (χ1n) is 10.6. The number of aliphatic imine (C=N–C) groups is 1. The van der Waals surface area contributed by atoms with Crippen molar-refractivity contribution in [2.45, 2.75) is 58.5 Å². The van der Waals surface area contributed by atoms with Gasteiger partial charge in [0.15, 0.2) is 5.96 Å². The molecule has 0 spiro atoms. The Morgan fingerprint density at radius 1 is 1.24 bits per heavy atom. The predicted molar refractivity (Wildman–Crippen MR) is 128 cm³/mol. The van der Waals surface area contributed by atoms with Crippen LogP contribution in [0.1, 0.15) is 50.2 Å². The number of amides is 1. The average Bonchev–Trinajstić information content (AvgIpc) is 3.37. The van der Waals surface area contributed by atoms with Crippen LogP contribution in [0.3, 0.4) is 0 Å². The van der Waals surface area contributed by atoms with Gasteiger partial charge in [-0.3, -0.25) is 4.79 Å². The topological polar surface area (TPSA) is 66.0 Å². The van der Waals surface area contributed by atoms with Gasteiger partial charge in [0.25, 0.3) is 0 Å². The monoisotopic (exact) mass is 514 g/mol. The molecule has 1 aliphatic heterocycles. The smallest absolute Gasteiger partial charge is 0.225 e. The Bertz CT molecular complexity index is 704. The summed E-state index contributed by atoms with van der Waals surface area (Å²) in [7, 11) is 1.69. The zero-order valence-electron chi connectivity index (χ0n) is 17.9. The highest BCUT2D eigenvalue weighted by Crippen LogP contribution is 2.27. The van der Waals surface area contributed by atoms with E-state index in [-0.39, 0.29) is 35.9 Å². The number of aryl methyl sites for hydroxylation is 1. The number of likely N-dealkylation sites (tertiary alicyclic amines) is 1. The first-order chi connectivity index (χ1) is 13.6. The van der Waals surface area contributed by atoms with Crippen LogP contribution in [0.15, 0.2) is 23.2 Å². The lowest BCUT2D eigenvalue weighted by molar-refractivity contribution is -0.134. The normalized spacial score (nSPS) is 19.8. The van der Waals surface area contributed by atoms with Crippen molar-refractivity contribution in [3.05, 3.63) is 29.3 Å². The Morgan fingerprint density at radius 2 is 2.00 bits per heavy atom. The van der Waals surface area contributed by atoms with Gasteiger partial charge in [0.05, 0.1) is 13.7 Å². The highest BCUT2D eigenvalue weighted by Gasteiger charge is 2.32. The number of nitrogens with one attached hydrogen (secondary N) is 2. The van der Waals surface area contributed by atoms with Gasteiger partial charge in [-0.05, 0) is 56.4 Å². The molecule has 1 aliphatic carbocycles. The maximum atomic E-state index is 12.6. The number of hydrogen-bond acceptors (Lipinski definition) is 3. The molecule has 162 valence electrons. The van der Waals surface area contributed by atoms with Crippen molar-refractivity contribution in [1.82, 2.24) is 15.5 Å². The first kappa shape index (κ1) is 23.8. The van der Waals surface area contributed by atoms with Gasteiger partial charge < -0.3 is 20.3 Å². The Hall–Kier alpha value is -1.51. The summed E-state index contributed by atoms with van der Waals surface area (Å²) in [5.74, 6) is 2.29. The lowest BCUT2D eigenvalue weighted by atomic mass is 10.1. The molecule has 1 aromatic rings. The molecule has 0 aromatic heterocycles. The van der Waals surface area contributed by atoms with Gasteiger partial charge >= 0.3 is 0 Å². The second-order valence-corrected chi connectivity index (χ2v) is 7.95. The number of halogens is 1. The van der Waals surface area contributed by atoms with Crippen molar-refractivity contribution < 1.29 is 9.53 Å². The minimum atomic E-state index is 0. The lowest BCUT2D eigenvalue weighted by Gasteiger charge is -2.21. The summed E-state index contributed by atoms with van der Waals surface area (Å²) in [6.45, 7) is 7.15. The molecule has 29 heavy (non-hydrogen) atoms. The van der Waals surface area contributed by atoms with Gasteiger partial charge in [0.1, 0.15) is 5.75 Å². The fourth-order valence-corrected chi connectivity index (χ4v) is 4.23. The number of guanidine groups is 1. The van der Waals surface area contributed by atoms with Crippen LogP contribution >= 0.6 is 24.0 Å². The van der Waals surface area contributed by atoms with Crippen molar-refractivity contribution in [3.8, 4) is 5.75 Å². The number of ether oxygens (including phenoxy) is 1. The van der Waals surface area contributed by atoms with E-state index in [1.807, 2.05) is 17.0 Å². The third-order valence-electron chi connectivity index (χ3n) is 5.66. The largest absolute Gasteiger partial charge is 0.497 e. The average molecular weight is 514 g/mol. The van der Waals surface area contributed by atoms with Crippen molar-refractivity contribution in [2.75, 3.05) is 26.7 Å². The number of carbonyl (C=O) groups excluding carboxylic acids is 1. The zero-order valence-corrected chi connectivity index (χ0v) is 20.2. The fraction of sp³-hybridized carbons (Fsp3) is 0.636. The molecule has 2 fully saturated rings. The van der Waals surface area contributed by atoms with Gasteiger partial charge in [-0.1, -0.05) is 18.9 Å². The van der Waals surface area contributed by atoms with Gasteiger partial charge in [-0.2, -0.15) is 0 Å². The van der Waals surface area contributed by atoms with E-state index in [2.05, 4.69) is 30.5 Å². The minimum Gasteiger partial charge on any atom is -0.497 e. The maximum absolute atomic E-state index is 12.6. The van der Waals surface area contributed by atoms with Gasteiger partial charge in [-0.15, -0.1) is 24.0 Å². The molecule has 1 heterocycles. The minimum absolute atomic E-state index is 0. The molecule has 1 saturated carbocycles. The van der Waals surface area contributed by atoms with E-state index in [1.165, 1.54) is 18.4 Å². The van der Waals surface area contributed by atoms with Crippen LogP contribution in [-0.2, 0) is 11.3 Å². The molecule has 1 aromatic carbocycles. The highest BCUT2D eigenvalue weighted by molar-refractivity contribution is 14.0. The van der Waals surface area contributed by atoms with Crippen molar-refractivity contribution in [3.63, 3.8) is 0 Å². The molecule has 7 heteroatoms. The van der Waals surface area contributed by atoms with E-state index < -0.39 is 0 Å². The first-order valence-corrected chi connectivity index (χ1v) is 10.6. The van der Waals surface area contributed by atoms with Gasteiger partial charge in [0, 0.05) is 31.6 Å². The van der Waals surface area contributed by atoms with Crippen molar-refractivity contribution in [1.29, 1.82) is 0 Å². The summed E-state index contributed by atoms with van der Waals surface area (Å²) in [5, 5.41) is 6.85. The van der Waals surface area contributed by atoms with E-state index in [1.54, 1.807) is 7.11 Å². The number of methoxy groups -OCH3 is 1. The summed E-state index contributed by atoms with van der Waals surface area (Å²) in [6, 6.07) is 6.44. The number of benzene rings is 1. The van der Waals surface area contributed by atoms with Gasteiger partial charge in [0.2, 0.25) is 5.91 Å². The number of rotatable bonds is 6. The molecular weight excluding hydrogens is 479 g/mol. The van der Waals surface area contributed by atoms with Crippen LogP contribution in [0.2, 0.25) is 0 Å². The van der Waals surface area contributed by atoms with Crippen LogP contribution in [0.4, 0.5) is 0 Å². The van der Waals surface area contributed by atoms with E-state index in [4.69, 9.17) is 9.73 Å². The van der Waals surface area contributed by atoms with Crippen LogP contribution in [0.5, 0.6) is 5.75 Å². The Morgan fingerprint density at radius 3 is 2.69 bits per heavy atom. The fourth-order valence-electron chi connectivity index (χ4n) is 4.23. The SMILES string of the molecule is CCNC(=NCc1cc(C)cc(OC)c1)NC1CCN(C(=O)C2CCCC2)C1.I. The molecule has 3 rings (SSSR count). The zero-order chi connectivity index (χ0) is 19.9. The second-order valence-electron chi connectivity index (χ2n) is 7.95. The Labute approximate surface area is 191 Å². The summed E-state index contributed by atoms with van der Waals surface area (Å²) < 4.78 is 5.36. The Kier molecular flexibility index (Phi) is 9.52. The van der Waals surface area contributed by atoms with E-state index >= 15 is 0 Å². The van der Waals surface area contributed by atoms with Crippen LogP contribution in [0.25, 0.3) is 0 Å². The Balaban J connectivity index is 0.00000300. The van der Waals surface area contributed by atoms with Crippen LogP contribution in [-0.4, -0.2) is 49.6 Å². The number of carbonyl (C=O) groups is 1. The summed E-state index contributed by atoms with van der Waals surface area (Å²) >= 11 is 0. The number of nitrogens with zero attached hydrogens (tertiary/aromatic N) is 2.